The van der Waals surface area contributed by atoms with Gasteiger partial charge in [-0.2, -0.15) is 0 Å². The topological polar surface area (TPSA) is 105 Å². The van der Waals surface area contributed by atoms with Gasteiger partial charge in [-0.3, -0.25) is 4.79 Å². The maximum Gasteiger partial charge on any atom is 0.335 e. The molecule has 5 aromatic rings. The van der Waals surface area contributed by atoms with Crippen LogP contribution in [0.5, 0.6) is 11.5 Å². The van der Waals surface area contributed by atoms with E-state index in [9.17, 15) is 19.1 Å². The number of benzene rings is 3. The lowest BCUT2D eigenvalue weighted by Gasteiger charge is -2.24. The van der Waals surface area contributed by atoms with Crippen molar-refractivity contribution in [1.82, 2.24) is 14.1 Å². The van der Waals surface area contributed by atoms with Crippen LogP contribution >= 0.6 is 11.6 Å². The van der Waals surface area contributed by atoms with Gasteiger partial charge in [-0.25, -0.2) is 14.2 Å². The number of methoxy groups -OCH3 is 1. The number of nitrogens with zero attached hydrogens (tertiary/aromatic N) is 3. The summed E-state index contributed by atoms with van der Waals surface area (Å²) >= 11 is 5.94. The van der Waals surface area contributed by atoms with Gasteiger partial charge >= 0.3 is 5.97 Å². The molecule has 1 unspecified atom stereocenters. The average molecular weight is 604 g/mol. The van der Waals surface area contributed by atoms with Crippen molar-refractivity contribution >= 4 is 28.6 Å². The number of halogens is 2. The standard InChI is InChI=1S/C32H27ClFN3O6/c1-32(22-10-9-20(33)17-23(22)34)42-27-6-4-5-21(29(27)43-32)25-12-8-18(30(38)36(25)2)16-28-35-24-11-7-19(31(39)40)15-26(24)37(28)13-14-41-3/h4-12,15,17H,13-14,16H2,1-3H3,(H,39,40). The molecule has 1 N–H and O–H groups in total. The molecular weight excluding hydrogens is 577 g/mol. The van der Waals surface area contributed by atoms with Crippen LogP contribution in [0.2, 0.25) is 5.02 Å². The number of para-hydroxylation sites is 1. The number of hydrogen-bond donors (Lipinski definition) is 1. The van der Waals surface area contributed by atoms with Crippen LogP contribution in [-0.4, -0.2) is 38.9 Å². The van der Waals surface area contributed by atoms with E-state index in [-0.39, 0.29) is 28.1 Å². The summed E-state index contributed by atoms with van der Waals surface area (Å²) in [6.07, 6.45) is 0.216. The summed E-state index contributed by atoms with van der Waals surface area (Å²) in [5.74, 6) is -1.62. The molecule has 0 radical (unpaired) electrons. The van der Waals surface area contributed by atoms with Crippen molar-refractivity contribution in [3.63, 3.8) is 0 Å². The Balaban J connectivity index is 1.36. The molecule has 0 saturated carbocycles. The lowest BCUT2D eigenvalue weighted by molar-refractivity contribution is -0.0705. The summed E-state index contributed by atoms with van der Waals surface area (Å²) in [4.78, 5) is 29.9. The highest BCUT2D eigenvalue weighted by atomic mass is 35.5. The van der Waals surface area contributed by atoms with Crippen molar-refractivity contribution in [2.45, 2.75) is 25.7 Å². The first-order chi connectivity index (χ1) is 20.6. The molecular formula is C32H27ClFN3O6. The largest absolute Gasteiger partial charge is 0.478 e. The monoisotopic (exact) mass is 603 g/mol. The first-order valence-electron chi connectivity index (χ1n) is 13.5. The quantitative estimate of drug-likeness (QED) is 0.240. The molecule has 0 spiro atoms. The molecule has 0 amide bonds. The van der Waals surface area contributed by atoms with Crippen molar-refractivity contribution < 1.29 is 28.5 Å². The number of aromatic nitrogens is 3. The summed E-state index contributed by atoms with van der Waals surface area (Å²) in [6.45, 7) is 2.44. The number of ether oxygens (including phenoxy) is 3. The number of aromatic carboxylic acids is 1. The van der Waals surface area contributed by atoms with E-state index in [4.69, 9.17) is 30.8 Å². The Morgan fingerprint density at radius 3 is 2.67 bits per heavy atom. The molecule has 11 heteroatoms. The molecule has 2 aromatic heterocycles. The number of carbonyl (C=O) groups is 1. The summed E-state index contributed by atoms with van der Waals surface area (Å²) in [7, 11) is 3.25. The normalized spacial score (nSPS) is 15.7. The minimum Gasteiger partial charge on any atom is -0.478 e. The number of hydrogen-bond acceptors (Lipinski definition) is 6. The zero-order valence-corrected chi connectivity index (χ0v) is 24.3. The summed E-state index contributed by atoms with van der Waals surface area (Å²) < 4.78 is 35.8. The number of imidazole rings is 1. The van der Waals surface area contributed by atoms with Crippen LogP contribution < -0.4 is 15.0 Å². The maximum absolute atomic E-state index is 14.8. The van der Waals surface area contributed by atoms with Crippen LogP contribution in [0.3, 0.4) is 0 Å². The van der Waals surface area contributed by atoms with Gasteiger partial charge in [0.25, 0.3) is 11.3 Å². The molecule has 0 aliphatic carbocycles. The Morgan fingerprint density at radius 2 is 1.93 bits per heavy atom. The third kappa shape index (κ3) is 5.02. The van der Waals surface area contributed by atoms with Gasteiger partial charge in [-0.15, -0.1) is 0 Å². The summed E-state index contributed by atoms with van der Waals surface area (Å²) in [5.41, 5.74) is 3.06. The third-order valence-electron chi connectivity index (χ3n) is 7.60. The van der Waals surface area contributed by atoms with E-state index in [1.807, 2.05) is 16.7 Å². The van der Waals surface area contributed by atoms with E-state index in [0.29, 0.717) is 58.3 Å². The first kappa shape index (κ1) is 28.4. The van der Waals surface area contributed by atoms with Crippen LogP contribution in [0.4, 0.5) is 4.39 Å². The van der Waals surface area contributed by atoms with E-state index in [0.717, 1.165) is 0 Å². The molecule has 1 atom stereocenters. The highest BCUT2D eigenvalue weighted by molar-refractivity contribution is 6.30. The maximum atomic E-state index is 14.8. The molecule has 0 fully saturated rings. The Kier molecular flexibility index (Phi) is 7.19. The minimum absolute atomic E-state index is 0.148. The minimum atomic E-state index is -1.44. The molecule has 6 rings (SSSR count). The van der Waals surface area contributed by atoms with Gasteiger partial charge in [0.1, 0.15) is 11.6 Å². The average Bonchev–Trinajstić information content (AvgIpc) is 3.50. The predicted octanol–water partition coefficient (Wildman–Crippen LogP) is 5.77. The van der Waals surface area contributed by atoms with Crippen LogP contribution in [0.1, 0.15) is 34.2 Å². The zero-order valence-electron chi connectivity index (χ0n) is 23.6. The second-order valence-electron chi connectivity index (χ2n) is 10.4. The van der Waals surface area contributed by atoms with E-state index in [1.54, 1.807) is 57.5 Å². The lowest BCUT2D eigenvalue weighted by Crippen LogP contribution is -2.32. The Morgan fingerprint density at radius 1 is 1.12 bits per heavy atom. The number of rotatable bonds is 8. The highest BCUT2D eigenvalue weighted by Crippen LogP contribution is 2.49. The van der Waals surface area contributed by atoms with Crippen LogP contribution in [-0.2, 0) is 30.5 Å². The smallest absolute Gasteiger partial charge is 0.335 e. The molecule has 1 aliphatic heterocycles. The molecule has 1 aliphatic rings. The Hall–Kier alpha value is -4.67. The van der Waals surface area contributed by atoms with Gasteiger partial charge < -0.3 is 28.5 Å². The van der Waals surface area contributed by atoms with Crippen molar-refractivity contribution in [2.75, 3.05) is 13.7 Å². The lowest BCUT2D eigenvalue weighted by atomic mass is 10.1. The molecule has 9 nitrogen and oxygen atoms in total. The molecule has 3 heterocycles. The van der Waals surface area contributed by atoms with Gasteiger partial charge in [-0.05, 0) is 54.6 Å². The van der Waals surface area contributed by atoms with Gasteiger partial charge in [0, 0.05) is 50.2 Å². The molecule has 0 bridgehead atoms. The fourth-order valence-electron chi connectivity index (χ4n) is 5.43. The second kappa shape index (κ2) is 10.9. The SMILES string of the molecule is COCCn1c(Cc2ccc(-c3cccc4c3OC(C)(c3ccc(Cl)cc3F)O4)n(C)c2=O)nc2ccc(C(=O)O)cc21. The van der Waals surface area contributed by atoms with E-state index in [2.05, 4.69) is 0 Å². The fraction of sp³-hybridized carbons (Fsp3) is 0.219. The van der Waals surface area contributed by atoms with Gasteiger partial charge in [0.05, 0.1) is 34.5 Å². The number of carboxylic acid groups (broad SMARTS) is 1. The predicted molar refractivity (Wildman–Crippen MR) is 159 cm³/mol. The van der Waals surface area contributed by atoms with E-state index < -0.39 is 17.6 Å². The molecule has 220 valence electrons. The molecule has 43 heavy (non-hydrogen) atoms. The van der Waals surface area contributed by atoms with Crippen LogP contribution in [0.15, 0.2) is 71.5 Å². The van der Waals surface area contributed by atoms with Gasteiger partial charge in [0.15, 0.2) is 11.5 Å². The first-order valence-corrected chi connectivity index (χ1v) is 13.8. The Bertz CT molecular complexity index is 1970. The van der Waals surface area contributed by atoms with Crippen molar-refractivity contribution in [2.24, 2.45) is 7.05 Å². The van der Waals surface area contributed by atoms with Crippen molar-refractivity contribution in [3.8, 4) is 22.8 Å². The van der Waals surface area contributed by atoms with Crippen LogP contribution in [0, 0.1) is 5.82 Å². The van der Waals surface area contributed by atoms with Crippen molar-refractivity contribution in [3.05, 3.63) is 110 Å². The summed E-state index contributed by atoms with van der Waals surface area (Å²) in [5, 5.41) is 9.73. The molecule has 0 saturated heterocycles. The number of pyridine rings is 1. The van der Waals surface area contributed by atoms with Gasteiger partial charge in [-0.1, -0.05) is 23.7 Å². The fourth-order valence-corrected chi connectivity index (χ4v) is 5.59. The second-order valence-corrected chi connectivity index (χ2v) is 10.8. The number of carboxylic acids is 1. The summed E-state index contributed by atoms with van der Waals surface area (Å²) in [6, 6.07) is 17.9. The van der Waals surface area contributed by atoms with Gasteiger partial charge in [0.2, 0.25) is 0 Å². The van der Waals surface area contributed by atoms with Crippen LogP contribution in [0.25, 0.3) is 22.3 Å². The molecule has 3 aromatic carbocycles. The highest BCUT2D eigenvalue weighted by Gasteiger charge is 2.42. The van der Waals surface area contributed by atoms with Crippen molar-refractivity contribution in [1.29, 1.82) is 0 Å². The number of fused-ring (bicyclic) bond motifs is 2. The zero-order chi connectivity index (χ0) is 30.5. The Labute approximate surface area is 250 Å². The van der Waals surface area contributed by atoms with E-state index in [1.165, 1.54) is 22.8 Å². The van der Waals surface area contributed by atoms with E-state index >= 15 is 0 Å². The third-order valence-corrected chi connectivity index (χ3v) is 7.84.